The third-order valence-corrected chi connectivity index (χ3v) is 3.51. The van der Waals surface area contributed by atoms with Gasteiger partial charge in [0.1, 0.15) is 0 Å². The standard InChI is InChI=1S/C9H15N5S/c10-6-7-14-9(11-12-13-14)15-8-4-2-1-3-5-8/h2,4,8H,1,3,5-7,10H2. The van der Waals surface area contributed by atoms with Crippen molar-refractivity contribution in [3.8, 4) is 0 Å². The smallest absolute Gasteiger partial charge is 0.209 e. The fraction of sp³-hybridized carbons (Fsp3) is 0.667. The molecule has 1 aromatic heterocycles. The van der Waals surface area contributed by atoms with E-state index in [1.165, 1.54) is 19.3 Å². The molecular formula is C9H15N5S. The lowest BCUT2D eigenvalue weighted by molar-refractivity contribution is 0.556. The Morgan fingerprint density at radius 2 is 2.53 bits per heavy atom. The van der Waals surface area contributed by atoms with Crippen molar-refractivity contribution in [2.24, 2.45) is 5.73 Å². The van der Waals surface area contributed by atoms with Gasteiger partial charge < -0.3 is 5.73 Å². The second kappa shape index (κ2) is 5.27. The predicted octanol–water partition coefficient (Wildman–Crippen LogP) is 0.833. The first-order valence-electron chi connectivity index (χ1n) is 5.19. The molecule has 1 aliphatic rings. The van der Waals surface area contributed by atoms with E-state index < -0.39 is 0 Å². The maximum absolute atomic E-state index is 5.48. The van der Waals surface area contributed by atoms with E-state index in [4.69, 9.17) is 5.73 Å². The number of thioether (sulfide) groups is 1. The number of allylic oxidation sites excluding steroid dienone is 1. The van der Waals surface area contributed by atoms with Gasteiger partial charge in [-0.3, -0.25) is 0 Å². The minimum Gasteiger partial charge on any atom is -0.329 e. The Morgan fingerprint density at radius 1 is 1.60 bits per heavy atom. The molecule has 6 heteroatoms. The summed E-state index contributed by atoms with van der Waals surface area (Å²) in [5, 5.41) is 13.0. The van der Waals surface area contributed by atoms with E-state index in [-0.39, 0.29) is 0 Å². The highest BCUT2D eigenvalue weighted by atomic mass is 32.2. The Balaban J connectivity index is 1.99. The lowest BCUT2D eigenvalue weighted by Crippen LogP contribution is -2.13. The molecule has 0 aliphatic heterocycles. The molecular weight excluding hydrogens is 210 g/mol. The number of aromatic nitrogens is 4. The van der Waals surface area contributed by atoms with Gasteiger partial charge in [-0.25, -0.2) is 4.68 Å². The van der Waals surface area contributed by atoms with Crippen molar-refractivity contribution < 1.29 is 0 Å². The highest BCUT2D eigenvalue weighted by Gasteiger charge is 2.14. The summed E-state index contributed by atoms with van der Waals surface area (Å²) in [5.74, 6) is 0. The summed E-state index contributed by atoms with van der Waals surface area (Å²) in [6.45, 7) is 1.25. The molecule has 0 saturated carbocycles. The third kappa shape index (κ3) is 2.79. The van der Waals surface area contributed by atoms with Crippen LogP contribution in [0.25, 0.3) is 0 Å². The number of tetrazole rings is 1. The second-order valence-corrected chi connectivity index (χ2v) is 4.69. The molecule has 1 aliphatic carbocycles. The van der Waals surface area contributed by atoms with Gasteiger partial charge in [-0.2, -0.15) is 0 Å². The van der Waals surface area contributed by atoms with Crippen LogP contribution in [0.15, 0.2) is 17.3 Å². The summed E-state index contributed by atoms with van der Waals surface area (Å²) in [5.41, 5.74) is 5.48. The topological polar surface area (TPSA) is 69.6 Å². The summed E-state index contributed by atoms with van der Waals surface area (Å²) in [4.78, 5) is 0. The fourth-order valence-electron chi connectivity index (χ4n) is 1.56. The van der Waals surface area contributed by atoms with E-state index in [0.717, 1.165) is 5.16 Å². The van der Waals surface area contributed by atoms with E-state index in [1.54, 1.807) is 16.4 Å². The van der Waals surface area contributed by atoms with Crippen LogP contribution >= 0.6 is 11.8 Å². The number of rotatable bonds is 4. The van der Waals surface area contributed by atoms with Gasteiger partial charge >= 0.3 is 0 Å². The molecule has 0 saturated heterocycles. The van der Waals surface area contributed by atoms with Gasteiger partial charge in [-0.05, 0) is 29.7 Å². The molecule has 1 aromatic rings. The Bertz CT molecular complexity index is 335. The molecule has 0 fully saturated rings. The Kier molecular flexibility index (Phi) is 3.74. The normalized spacial score (nSPS) is 20.7. The summed E-state index contributed by atoms with van der Waals surface area (Å²) in [7, 11) is 0. The number of hydrogen-bond donors (Lipinski definition) is 1. The number of nitrogens with two attached hydrogens (primary N) is 1. The van der Waals surface area contributed by atoms with Crippen LogP contribution in [0.2, 0.25) is 0 Å². The van der Waals surface area contributed by atoms with E-state index >= 15 is 0 Å². The zero-order chi connectivity index (χ0) is 10.5. The molecule has 0 radical (unpaired) electrons. The first-order chi connectivity index (χ1) is 7.40. The van der Waals surface area contributed by atoms with Gasteiger partial charge in [0.2, 0.25) is 5.16 Å². The SMILES string of the molecule is NCCn1nnnc1SC1C=CCCC1. The van der Waals surface area contributed by atoms with Crippen LogP contribution in [-0.2, 0) is 6.54 Å². The molecule has 1 heterocycles. The van der Waals surface area contributed by atoms with E-state index in [9.17, 15) is 0 Å². The summed E-state index contributed by atoms with van der Waals surface area (Å²) in [6, 6.07) is 0. The van der Waals surface area contributed by atoms with Gasteiger partial charge in [0.05, 0.1) is 6.54 Å². The molecule has 1 atom stereocenters. The molecule has 0 spiro atoms. The summed E-state index contributed by atoms with van der Waals surface area (Å²) < 4.78 is 1.77. The first kappa shape index (κ1) is 10.6. The average molecular weight is 225 g/mol. The lowest BCUT2D eigenvalue weighted by Gasteiger charge is -2.14. The largest absolute Gasteiger partial charge is 0.329 e. The van der Waals surface area contributed by atoms with Crippen LogP contribution in [0.5, 0.6) is 0 Å². The maximum atomic E-state index is 5.48. The van der Waals surface area contributed by atoms with Crippen LogP contribution in [0, 0.1) is 0 Å². The van der Waals surface area contributed by atoms with Crippen LogP contribution < -0.4 is 5.73 Å². The van der Waals surface area contributed by atoms with Crippen LogP contribution in [0.3, 0.4) is 0 Å². The van der Waals surface area contributed by atoms with Crippen molar-refractivity contribution in [2.45, 2.75) is 36.2 Å². The van der Waals surface area contributed by atoms with Crippen molar-refractivity contribution >= 4 is 11.8 Å². The summed E-state index contributed by atoms with van der Waals surface area (Å²) >= 11 is 1.72. The van der Waals surface area contributed by atoms with Crippen molar-refractivity contribution in [1.82, 2.24) is 20.2 Å². The Morgan fingerprint density at radius 3 is 3.27 bits per heavy atom. The van der Waals surface area contributed by atoms with Gasteiger partial charge in [0, 0.05) is 11.8 Å². The molecule has 0 bridgehead atoms. The lowest BCUT2D eigenvalue weighted by atomic mass is 10.1. The van der Waals surface area contributed by atoms with Crippen molar-refractivity contribution in [3.63, 3.8) is 0 Å². The predicted molar refractivity (Wildman–Crippen MR) is 59.5 cm³/mol. The van der Waals surface area contributed by atoms with Gasteiger partial charge in [0.25, 0.3) is 0 Å². The third-order valence-electron chi connectivity index (χ3n) is 2.31. The minimum absolute atomic E-state index is 0.515. The second-order valence-electron chi connectivity index (χ2n) is 3.49. The molecule has 1 unspecified atom stereocenters. The highest BCUT2D eigenvalue weighted by molar-refractivity contribution is 7.99. The van der Waals surface area contributed by atoms with E-state index in [1.807, 2.05) is 0 Å². The molecule has 2 N–H and O–H groups in total. The average Bonchev–Trinajstić information content (AvgIpc) is 2.68. The van der Waals surface area contributed by atoms with Crippen molar-refractivity contribution in [1.29, 1.82) is 0 Å². The van der Waals surface area contributed by atoms with Crippen molar-refractivity contribution in [2.75, 3.05) is 6.54 Å². The Hall–Kier alpha value is -0.880. The van der Waals surface area contributed by atoms with Crippen LogP contribution in [-0.4, -0.2) is 32.0 Å². The number of nitrogens with zero attached hydrogens (tertiary/aromatic N) is 4. The molecule has 5 nitrogen and oxygen atoms in total. The molecule has 0 aromatic carbocycles. The Labute approximate surface area is 93.1 Å². The van der Waals surface area contributed by atoms with Gasteiger partial charge in [0.15, 0.2) is 0 Å². The zero-order valence-electron chi connectivity index (χ0n) is 8.54. The van der Waals surface area contributed by atoms with Crippen LogP contribution in [0.1, 0.15) is 19.3 Å². The first-order valence-corrected chi connectivity index (χ1v) is 6.07. The molecule has 2 rings (SSSR count). The van der Waals surface area contributed by atoms with Gasteiger partial charge in [-0.1, -0.05) is 23.9 Å². The zero-order valence-corrected chi connectivity index (χ0v) is 9.36. The number of hydrogen-bond acceptors (Lipinski definition) is 5. The van der Waals surface area contributed by atoms with E-state index in [2.05, 4.69) is 27.7 Å². The van der Waals surface area contributed by atoms with Crippen molar-refractivity contribution in [3.05, 3.63) is 12.2 Å². The highest BCUT2D eigenvalue weighted by Crippen LogP contribution is 2.27. The molecule has 15 heavy (non-hydrogen) atoms. The maximum Gasteiger partial charge on any atom is 0.209 e. The molecule has 0 amide bonds. The monoisotopic (exact) mass is 225 g/mol. The fourth-order valence-corrected chi connectivity index (χ4v) is 2.64. The molecule has 82 valence electrons. The van der Waals surface area contributed by atoms with Gasteiger partial charge in [-0.15, -0.1) is 5.10 Å². The van der Waals surface area contributed by atoms with E-state index in [0.29, 0.717) is 18.3 Å². The quantitative estimate of drug-likeness (QED) is 0.769. The minimum atomic E-state index is 0.515. The van der Waals surface area contributed by atoms with Crippen LogP contribution in [0.4, 0.5) is 0 Å². The summed E-state index contributed by atoms with van der Waals surface area (Å²) in [6.07, 6.45) is 8.14.